The Morgan fingerprint density at radius 3 is 2.71 bits per heavy atom. The minimum Gasteiger partial charge on any atom is -0.251 e. The molecule has 2 rings (SSSR count). The minimum absolute atomic E-state index is 0.394. The normalized spacial score (nSPS) is 11.1. The van der Waals surface area contributed by atoms with Crippen LogP contribution in [0.3, 0.4) is 0 Å². The Labute approximate surface area is 82.4 Å². The molecule has 0 saturated heterocycles. The monoisotopic (exact) mass is 188 g/mol. The molecule has 2 aromatic rings. The molecule has 4 nitrogen and oxygen atoms in total. The van der Waals surface area contributed by atoms with Crippen molar-refractivity contribution < 1.29 is 0 Å². The van der Waals surface area contributed by atoms with E-state index in [0.29, 0.717) is 11.6 Å². The van der Waals surface area contributed by atoms with Crippen molar-refractivity contribution in [3.63, 3.8) is 0 Å². The molecule has 0 radical (unpaired) electrons. The first-order chi connectivity index (χ1) is 6.68. The van der Waals surface area contributed by atoms with E-state index in [4.69, 9.17) is 0 Å². The fourth-order valence-corrected chi connectivity index (χ4v) is 1.37. The molecular formula is C10H12N4. The van der Waals surface area contributed by atoms with Gasteiger partial charge in [0.2, 0.25) is 5.65 Å². The van der Waals surface area contributed by atoms with Crippen LogP contribution in [-0.4, -0.2) is 20.2 Å². The molecule has 2 aromatic heterocycles. The highest BCUT2D eigenvalue weighted by molar-refractivity contribution is 5.73. The molecule has 72 valence electrons. The zero-order chi connectivity index (χ0) is 10.1. The van der Waals surface area contributed by atoms with Gasteiger partial charge >= 0.3 is 0 Å². The summed E-state index contributed by atoms with van der Waals surface area (Å²) in [7, 11) is 0. The summed E-state index contributed by atoms with van der Waals surface area (Å²) < 4.78 is 0. The van der Waals surface area contributed by atoms with E-state index in [1.165, 1.54) is 0 Å². The molecule has 0 saturated carbocycles. The highest BCUT2D eigenvalue weighted by Crippen LogP contribution is 2.19. The smallest absolute Gasteiger partial charge is 0.200 e. The fourth-order valence-electron chi connectivity index (χ4n) is 1.37. The van der Waals surface area contributed by atoms with Crippen molar-refractivity contribution >= 4 is 11.2 Å². The Morgan fingerprint density at radius 2 is 2.00 bits per heavy atom. The maximum Gasteiger partial charge on any atom is 0.200 e. The van der Waals surface area contributed by atoms with Gasteiger partial charge in [0.15, 0.2) is 0 Å². The van der Waals surface area contributed by atoms with Crippen LogP contribution < -0.4 is 0 Å². The van der Waals surface area contributed by atoms with Crippen molar-refractivity contribution in [2.75, 3.05) is 0 Å². The molecule has 0 unspecified atom stereocenters. The van der Waals surface area contributed by atoms with Crippen LogP contribution >= 0.6 is 0 Å². The van der Waals surface area contributed by atoms with Gasteiger partial charge in [0, 0.05) is 11.8 Å². The Balaban J connectivity index is 2.75. The van der Waals surface area contributed by atoms with Gasteiger partial charge in [-0.3, -0.25) is 4.98 Å². The van der Waals surface area contributed by atoms with E-state index in [9.17, 15) is 0 Å². The highest BCUT2D eigenvalue weighted by Gasteiger charge is 2.08. The molecule has 0 spiro atoms. The number of hydrogen-bond donors (Lipinski definition) is 0. The lowest BCUT2D eigenvalue weighted by atomic mass is 10.1. The van der Waals surface area contributed by atoms with Crippen LogP contribution in [0.4, 0.5) is 0 Å². The van der Waals surface area contributed by atoms with Crippen molar-refractivity contribution in [3.05, 3.63) is 23.7 Å². The van der Waals surface area contributed by atoms with Crippen LogP contribution in [-0.2, 0) is 0 Å². The predicted molar refractivity (Wildman–Crippen MR) is 54.0 cm³/mol. The van der Waals surface area contributed by atoms with E-state index < -0.39 is 0 Å². The van der Waals surface area contributed by atoms with E-state index >= 15 is 0 Å². The first-order valence-electron chi connectivity index (χ1n) is 4.63. The number of nitrogens with zero attached hydrogens (tertiary/aromatic N) is 4. The van der Waals surface area contributed by atoms with E-state index in [1.807, 2.05) is 6.92 Å². The fraction of sp³-hybridized carbons (Fsp3) is 0.400. The minimum atomic E-state index is 0.394. The predicted octanol–water partition coefficient (Wildman–Crippen LogP) is 1.85. The second-order valence-corrected chi connectivity index (χ2v) is 3.64. The van der Waals surface area contributed by atoms with Crippen molar-refractivity contribution in [3.8, 4) is 0 Å². The summed E-state index contributed by atoms with van der Waals surface area (Å²) in [5.41, 5.74) is 3.46. The molecule has 2 heterocycles. The Bertz CT molecular complexity index is 465. The molecule has 0 fully saturated rings. The summed E-state index contributed by atoms with van der Waals surface area (Å²) in [4.78, 5) is 8.62. The van der Waals surface area contributed by atoms with Crippen molar-refractivity contribution in [2.24, 2.45) is 0 Å². The Hall–Kier alpha value is -1.58. The molecule has 0 aliphatic rings. The molecule has 0 N–H and O–H groups in total. The van der Waals surface area contributed by atoms with Gasteiger partial charge in [-0.25, -0.2) is 4.98 Å². The van der Waals surface area contributed by atoms with Gasteiger partial charge in [-0.15, -0.1) is 5.10 Å². The van der Waals surface area contributed by atoms with E-state index in [-0.39, 0.29) is 0 Å². The van der Waals surface area contributed by atoms with Crippen molar-refractivity contribution in [2.45, 2.75) is 26.7 Å². The number of hydrogen-bond acceptors (Lipinski definition) is 4. The number of rotatable bonds is 1. The van der Waals surface area contributed by atoms with Crippen LogP contribution in [0, 0.1) is 6.92 Å². The van der Waals surface area contributed by atoms with Crippen molar-refractivity contribution in [1.29, 1.82) is 0 Å². The quantitative estimate of drug-likeness (QED) is 0.685. The largest absolute Gasteiger partial charge is 0.251 e. The maximum absolute atomic E-state index is 4.34. The zero-order valence-electron chi connectivity index (χ0n) is 8.52. The lowest BCUT2D eigenvalue weighted by Gasteiger charge is -2.06. The van der Waals surface area contributed by atoms with E-state index in [2.05, 4.69) is 34.0 Å². The molecule has 0 aliphatic carbocycles. The van der Waals surface area contributed by atoms with Crippen molar-refractivity contribution in [1.82, 2.24) is 20.2 Å². The first-order valence-corrected chi connectivity index (χ1v) is 4.63. The zero-order valence-corrected chi connectivity index (χ0v) is 8.52. The number of aryl methyl sites for hydroxylation is 1. The molecular weight excluding hydrogens is 176 g/mol. The average molecular weight is 188 g/mol. The van der Waals surface area contributed by atoms with Gasteiger partial charge in [-0.05, 0) is 12.8 Å². The summed E-state index contributed by atoms with van der Waals surface area (Å²) in [5, 5.41) is 7.88. The molecule has 0 bridgehead atoms. The number of fused-ring (bicyclic) bond motifs is 1. The molecule has 0 atom stereocenters. The Morgan fingerprint density at radius 1 is 1.21 bits per heavy atom. The van der Waals surface area contributed by atoms with E-state index in [1.54, 1.807) is 12.4 Å². The third-order valence-electron chi connectivity index (χ3n) is 2.12. The van der Waals surface area contributed by atoms with Gasteiger partial charge in [0.05, 0.1) is 11.9 Å². The van der Waals surface area contributed by atoms with Crippen LogP contribution in [0.1, 0.15) is 31.0 Å². The van der Waals surface area contributed by atoms with Gasteiger partial charge < -0.3 is 0 Å². The van der Waals surface area contributed by atoms with Crippen LogP contribution in [0.5, 0.6) is 0 Å². The van der Waals surface area contributed by atoms with Crippen LogP contribution in [0.15, 0.2) is 12.4 Å². The van der Waals surface area contributed by atoms with Crippen LogP contribution in [0.25, 0.3) is 11.2 Å². The summed E-state index contributed by atoms with van der Waals surface area (Å²) in [5.74, 6) is 0.394. The van der Waals surface area contributed by atoms with Gasteiger partial charge in [-0.1, -0.05) is 13.8 Å². The first kappa shape index (κ1) is 8.99. The lowest BCUT2D eigenvalue weighted by Crippen LogP contribution is -1.98. The molecule has 14 heavy (non-hydrogen) atoms. The SMILES string of the molecule is Cc1cnc2c(C(C)C)cnnc2n1. The molecule has 4 heteroatoms. The summed E-state index contributed by atoms with van der Waals surface area (Å²) in [6.45, 7) is 6.12. The second kappa shape index (κ2) is 3.29. The average Bonchev–Trinajstić information content (AvgIpc) is 2.16. The van der Waals surface area contributed by atoms with Gasteiger partial charge in [-0.2, -0.15) is 5.10 Å². The topological polar surface area (TPSA) is 51.6 Å². The van der Waals surface area contributed by atoms with Crippen LogP contribution in [0.2, 0.25) is 0 Å². The Kier molecular flexibility index (Phi) is 2.11. The van der Waals surface area contributed by atoms with Gasteiger partial charge in [0.25, 0.3) is 0 Å². The summed E-state index contributed by atoms with van der Waals surface area (Å²) in [6.07, 6.45) is 3.52. The van der Waals surface area contributed by atoms with E-state index in [0.717, 1.165) is 16.8 Å². The second-order valence-electron chi connectivity index (χ2n) is 3.64. The third-order valence-corrected chi connectivity index (χ3v) is 2.12. The third kappa shape index (κ3) is 1.43. The van der Waals surface area contributed by atoms with Gasteiger partial charge in [0.1, 0.15) is 5.52 Å². The molecule has 0 aliphatic heterocycles. The lowest BCUT2D eigenvalue weighted by molar-refractivity contribution is 0.849. The maximum atomic E-state index is 4.34. The molecule has 0 aromatic carbocycles. The summed E-state index contributed by atoms with van der Waals surface area (Å²) >= 11 is 0. The number of aromatic nitrogens is 4. The summed E-state index contributed by atoms with van der Waals surface area (Å²) in [6, 6.07) is 0. The standard InChI is InChI=1S/C10H12N4/c1-6(2)8-5-12-14-10-9(8)11-4-7(3)13-10/h4-6H,1-3H3. The molecule has 0 amide bonds. The highest BCUT2D eigenvalue weighted by atomic mass is 15.1.